The number of hydrogen-bond donors (Lipinski definition) is 0. The summed E-state index contributed by atoms with van der Waals surface area (Å²) in [6.45, 7) is 0.778. The van der Waals surface area contributed by atoms with E-state index in [4.69, 9.17) is 0 Å². The quantitative estimate of drug-likeness (QED) is 0.592. The molecule has 0 fully saturated rings. The molecule has 0 unspecified atom stereocenters. The summed E-state index contributed by atoms with van der Waals surface area (Å²) in [5, 5.41) is 0. The van der Waals surface area contributed by atoms with Crippen LogP contribution in [0.25, 0.3) is 0 Å². The molecule has 0 radical (unpaired) electrons. The molecule has 0 saturated heterocycles. The van der Waals surface area contributed by atoms with Crippen molar-refractivity contribution in [3.05, 3.63) is 35.6 Å². The first kappa shape index (κ1) is 8.11. The van der Waals surface area contributed by atoms with Crippen LogP contribution in [-0.2, 0) is 5.92 Å². The van der Waals surface area contributed by atoms with Crippen LogP contribution in [0.4, 0.5) is 13.2 Å². The average Bonchev–Trinajstić information content (AvgIpc) is 1.86. The first-order chi connectivity index (χ1) is 5.00. The van der Waals surface area contributed by atoms with Crippen molar-refractivity contribution in [2.45, 2.75) is 12.8 Å². The molecule has 1 aromatic rings. The molecular weight excluding hydrogens is 153 g/mol. The van der Waals surface area contributed by atoms with Crippen LogP contribution in [0.5, 0.6) is 0 Å². The summed E-state index contributed by atoms with van der Waals surface area (Å²) in [4.78, 5) is 0. The van der Waals surface area contributed by atoms with Crippen LogP contribution in [-0.4, -0.2) is 0 Å². The maximum atomic E-state index is 12.5. The van der Waals surface area contributed by atoms with Crippen LogP contribution >= 0.6 is 0 Å². The molecule has 0 amide bonds. The number of alkyl halides is 2. The number of rotatable bonds is 1. The average molecular weight is 160 g/mol. The van der Waals surface area contributed by atoms with Crippen molar-refractivity contribution in [2.24, 2.45) is 0 Å². The normalized spacial score (nSPS) is 11.6. The summed E-state index contributed by atoms with van der Waals surface area (Å²) in [6, 6.07) is 4.20. The van der Waals surface area contributed by atoms with Crippen molar-refractivity contribution in [1.29, 1.82) is 0 Å². The van der Waals surface area contributed by atoms with Gasteiger partial charge < -0.3 is 0 Å². The zero-order valence-corrected chi connectivity index (χ0v) is 5.94. The Hall–Kier alpha value is -0.990. The van der Waals surface area contributed by atoms with Gasteiger partial charge in [-0.3, -0.25) is 0 Å². The molecule has 1 aromatic carbocycles. The fraction of sp³-hybridized carbons (Fsp3) is 0.250. The summed E-state index contributed by atoms with van der Waals surface area (Å²) < 4.78 is 37.2. The fourth-order valence-electron chi connectivity index (χ4n) is 0.743. The summed E-state index contributed by atoms with van der Waals surface area (Å²) in [6.07, 6.45) is 0. The molecule has 11 heavy (non-hydrogen) atoms. The van der Waals surface area contributed by atoms with Crippen molar-refractivity contribution in [2.75, 3.05) is 0 Å². The molecule has 0 spiro atoms. The Balaban J connectivity index is 2.99. The minimum atomic E-state index is -2.88. The highest BCUT2D eigenvalue weighted by Gasteiger charge is 2.23. The predicted molar refractivity (Wildman–Crippen MR) is 36.0 cm³/mol. The number of halogens is 3. The Labute approximate surface area is 62.7 Å². The van der Waals surface area contributed by atoms with Crippen LogP contribution in [0, 0.1) is 5.82 Å². The highest BCUT2D eigenvalue weighted by molar-refractivity contribution is 5.19. The largest absolute Gasteiger partial charge is 0.270 e. The van der Waals surface area contributed by atoms with Crippen LogP contribution < -0.4 is 0 Å². The molecule has 0 atom stereocenters. The van der Waals surface area contributed by atoms with Crippen LogP contribution in [0.15, 0.2) is 24.3 Å². The topological polar surface area (TPSA) is 0 Å². The van der Waals surface area contributed by atoms with E-state index in [-0.39, 0.29) is 5.56 Å². The van der Waals surface area contributed by atoms with Gasteiger partial charge in [-0.25, -0.2) is 13.2 Å². The molecule has 3 heteroatoms. The molecule has 0 nitrogen and oxygen atoms in total. The number of hydrogen-bond acceptors (Lipinski definition) is 0. The van der Waals surface area contributed by atoms with Gasteiger partial charge >= 0.3 is 0 Å². The van der Waals surface area contributed by atoms with Gasteiger partial charge in [0.05, 0.1) is 0 Å². The zero-order valence-electron chi connectivity index (χ0n) is 5.94. The molecule has 0 heterocycles. The maximum Gasteiger partial charge on any atom is 0.270 e. The van der Waals surface area contributed by atoms with E-state index in [0.29, 0.717) is 0 Å². The summed E-state index contributed by atoms with van der Waals surface area (Å²) >= 11 is 0. The number of benzene rings is 1. The van der Waals surface area contributed by atoms with Crippen LogP contribution in [0.3, 0.4) is 0 Å². The van der Waals surface area contributed by atoms with Crippen molar-refractivity contribution in [3.63, 3.8) is 0 Å². The molecule has 0 aromatic heterocycles. The Morgan fingerprint density at radius 2 is 1.55 bits per heavy atom. The van der Waals surface area contributed by atoms with E-state index in [0.717, 1.165) is 31.2 Å². The van der Waals surface area contributed by atoms with E-state index in [2.05, 4.69) is 0 Å². The summed E-state index contributed by atoms with van der Waals surface area (Å²) in [5.74, 6) is -3.38. The summed E-state index contributed by atoms with van der Waals surface area (Å²) in [5.41, 5.74) is -0.168. The lowest BCUT2D eigenvalue weighted by molar-refractivity contribution is 0.0174. The molecule has 0 N–H and O–H groups in total. The molecule has 0 aliphatic rings. The second-order valence-electron chi connectivity index (χ2n) is 2.40. The van der Waals surface area contributed by atoms with Crippen molar-refractivity contribution >= 4 is 0 Å². The predicted octanol–water partition coefficient (Wildman–Crippen LogP) is 2.94. The first-order valence-corrected chi connectivity index (χ1v) is 3.14. The maximum absolute atomic E-state index is 12.5. The fourth-order valence-corrected chi connectivity index (χ4v) is 0.743. The lowest BCUT2D eigenvalue weighted by Crippen LogP contribution is -2.06. The molecule has 0 aliphatic carbocycles. The van der Waals surface area contributed by atoms with Gasteiger partial charge in [0.1, 0.15) is 5.82 Å². The highest BCUT2D eigenvalue weighted by Crippen LogP contribution is 2.26. The van der Waals surface area contributed by atoms with Crippen molar-refractivity contribution < 1.29 is 13.2 Å². The van der Waals surface area contributed by atoms with E-state index in [1.165, 1.54) is 0 Å². The van der Waals surface area contributed by atoms with E-state index < -0.39 is 11.7 Å². The van der Waals surface area contributed by atoms with Gasteiger partial charge in [0.2, 0.25) is 0 Å². The summed E-state index contributed by atoms with van der Waals surface area (Å²) in [7, 11) is 0. The third-order valence-electron chi connectivity index (χ3n) is 1.35. The minimum absolute atomic E-state index is 0.168. The van der Waals surface area contributed by atoms with Gasteiger partial charge in [-0.15, -0.1) is 0 Å². The smallest absolute Gasteiger partial charge is 0.207 e. The third kappa shape index (κ3) is 1.97. The van der Waals surface area contributed by atoms with Crippen LogP contribution in [0.2, 0.25) is 0 Å². The minimum Gasteiger partial charge on any atom is -0.207 e. The van der Waals surface area contributed by atoms with Gasteiger partial charge in [0, 0.05) is 12.5 Å². The third-order valence-corrected chi connectivity index (χ3v) is 1.35. The standard InChI is InChI=1S/C8H7F3/c1-8(10,11)6-2-4-7(9)5-3-6/h2-5H,1H3. The van der Waals surface area contributed by atoms with Gasteiger partial charge in [0.15, 0.2) is 0 Å². The van der Waals surface area contributed by atoms with Crippen LogP contribution in [0.1, 0.15) is 12.5 Å². The van der Waals surface area contributed by atoms with E-state index in [1.807, 2.05) is 0 Å². The molecule has 60 valence electrons. The van der Waals surface area contributed by atoms with Crippen molar-refractivity contribution in [3.8, 4) is 0 Å². The molecule has 1 rings (SSSR count). The second kappa shape index (κ2) is 2.57. The van der Waals surface area contributed by atoms with Crippen molar-refractivity contribution in [1.82, 2.24) is 0 Å². The van der Waals surface area contributed by atoms with E-state index in [1.54, 1.807) is 0 Å². The highest BCUT2D eigenvalue weighted by atomic mass is 19.3. The molecule has 0 bridgehead atoms. The first-order valence-electron chi connectivity index (χ1n) is 3.14. The van der Waals surface area contributed by atoms with E-state index >= 15 is 0 Å². The Morgan fingerprint density at radius 1 is 1.09 bits per heavy atom. The Bertz CT molecular complexity index is 233. The second-order valence-corrected chi connectivity index (χ2v) is 2.40. The lowest BCUT2D eigenvalue weighted by atomic mass is 10.1. The Morgan fingerprint density at radius 3 is 1.91 bits per heavy atom. The van der Waals surface area contributed by atoms with Gasteiger partial charge in [-0.05, 0) is 12.1 Å². The van der Waals surface area contributed by atoms with E-state index in [9.17, 15) is 13.2 Å². The lowest BCUT2D eigenvalue weighted by Gasteiger charge is -2.08. The SMILES string of the molecule is CC(F)(F)c1ccc(F)cc1. The Kier molecular flexibility index (Phi) is 1.89. The molecular formula is C8H7F3. The monoisotopic (exact) mass is 160 g/mol. The van der Waals surface area contributed by atoms with Gasteiger partial charge in [-0.1, -0.05) is 12.1 Å². The molecule has 0 aliphatic heterocycles. The molecule has 0 saturated carbocycles. The van der Waals surface area contributed by atoms with Gasteiger partial charge in [0.25, 0.3) is 5.92 Å². The van der Waals surface area contributed by atoms with Gasteiger partial charge in [-0.2, -0.15) is 0 Å². The zero-order chi connectivity index (χ0) is 8.48.